The van der Waals surface area contributed by atoms with E-state index in [2.05, 4.69) is 10.5 Å². The Labute approximate surface area is 233 Å². The minimum Gasteiger partial charge on any atom is -0.384 e. The first-order chi connectivity index (χ1) is 19.0. The van der Waals surface area contributed by atoms with Crippen LogP contribution in [0.15, 0.2) is 70.7 Å². The van der Waals surface area contributed by atoms with Gasteiger partial charge in [-0.15, -0.1) is 0 Å². The van der Waals surface area contributed by atoms with E-state index in [1.807, 2.05) is 6.07 Å². The standard InChI is InChI=1S/C28H24ClF3N2O5S/c29-21-9-8-16(27(35)34-19-11-22(30)25(32)23(31)12-19)10-24(21)40(37,38)26-17-6-7-18(26)14-28(36,13-17)15-33-39-20-4-2-1-3-5-20/h1-5,8-12,15,17-18,26,36H,6-7,13-14H2,(H,34,35)/b33-15+/t17-,18?,26?,28+/m0/s1. The Bertz CT molecular complexity index is 1550. The number of amides is 1. The molecule has 0 radical (unpaired) electrons. The predicted molar refractivity (Wildman–Crippen MR) is 143 cm³/mol. The van der Waals surface area contributed by atoms with Gasteiger partial charge in [-0.1, -0.05) is 35.0 Å². The number of anilines is 1. The summed E-state index contributed by atoms with van der Waals surface area (Å²) >= 11 is 6.28. The quantitative estimate of drug-likeness (QED) is 0.206. The molecule has 2 unspecified atom stereocenters. The van der Waals surface area contributed by atoms with Crippen LogP contribution < -0.4 is 10.2 Å². The van der Waals surface area contributed by atoms with Gasteiger partial charge in [0.15, 0.2) is 33.0 Å². The molecule has 0 aliphatic heterocycles. The summed E-state index contributed by atoms with van der Waals surface area (Å²) in [5.74, 6) is -5.81. The summed E-state index contributed by atoms with van der Waals surface area (Å²) in [6.45, 7) is 0. The van der Waals surface area contributed by atoms with Crippen LogP contribution in [0.5, 0.6) is 5.75 Å². The van der Waals surface area contributed by atoms with Crippen LogP contribution in [0.1, 0.15) is 36.0 Å². The second kappa shape index (κ2) is 10.9. The number of hydrogen-bond acceptors (Lipinski definition) is 6. The first kappa shape index (κ1) is 28.1. The van der Waals surface area contributed by atoms with Crippen LogP contribution in [0.2, 0.25) is 5.02 Å². The van der Waals surface area contributed by atoms with Crippen LogP contribution in [0.3, 0.4) is 0 Å². The van der Waals surface area contributed by atoms with Gasteiger partial charge in [0.1, 0.15) is 5.60 Å². The van der Waals surface area contributed by atoms with Crippen molar-refractivity contribution >= 4 is 39.2 Å². The van der Waals surface area contributed by atoms with Gasteiger partial charge in [0.25, 0.3) is 5.91 Å². The highest BCUT2D eigenvalue weighted by molar-refractivity contribution is 7.92. The molecule has 2 aliphatic carbocycles. The third-order valence-corrected chi connectivity index (χ3v) is 10.2. The van der Waals surface area contributed by atoms with Gasteiger partial charge >= 0.3 is 0 Å². The van der Waals surface area contributed by atoms with Gasteiger partial charge in [0.2, 0.25) is 0 Å². The number of oxime groups is 1. The smallest absolute Gasteiger partial charge is 0.255 e. The van der Waals surface area contributed by atoms with Crippen LogP contribution in [0, 0.1) is 29.3 Å². The number of carbonyl (C=O) groups is 1. The monoisotopic (exact) mass is 592 g/mol. The molecule has 0 aromatic heterocycles. The maximum atomic E-state index is 13.8. The molecule has 0 spiro atoms. The van der Waals surface area contributed by atoms with Gasteiger partial charge in [-0.05, 0) is 67.9 Å². The number of halogens is 4. The van der Waals surface area contributed by atoms with E-state index in [4.69, 9.17) is 16.4 Å². The number of fused-ring (bicyclic) bond motifs is 2. The van der Waals surface area contributed by atoms with E-state index < -0.39 is 55.9 Å². The van der Waals surface area contributed by atoms with Gasteiger partial charge in [0, 0.05) is 23.4 Å². The predicted octanol–water partition coefficient (Wildman–Crippen LogP) is 5.77. The van der Waals surface area contributed by atoms with Gasteiger partial charge in [0.05, 0.1) is 21.4 Å². The molecular weight excluding hydrogens is 569 g/mol. The lowest BCUT2D eigenvalue weighted by Crippen LogP contribution is -2.47. The van der Waals surface area contributed by atoms with Crippen LogP contribution >= 0.6 is 11.6 Å². The molecule has 5 rings (SSSR count). The first-order valence-electron chi connectivity index (χ1n) is 12.5. The van der Waals surface area contributed by atoms with E-state index in [1.54, 1.807) is 24.3 Å². The van der Waals surface area contributed by atoms with Crippen LogP contribution in [-0.4, -0.2) is 36.5 Å². The highest BCUT2D eigenvalue weighted by atomic mass is 35.5. The fourth-order valence-electron chi connectivity index (χ4n) is 5.69. The summed E-state index contributed by atoms with van der Waals surface area (Å²) in [5.41, 5.74) is -1.82. The molecular formula is C28H24ClF3N2O5S. The fraction of sp³-hybridized carbons (Fsp3) is 0.286. The van der Waals surface area contributed by atoms with E-state index in [9.17, 15) is 31.5 Å². The van der Waals surface area contributed by atoms with E-state index in [0.717, 1.165) is 6.07 Å². The maximum absolute atomic E-state index is 13.8. The summed E-state index contributed by atoms with van der Waals surface area (Å²) in [4.78, 5) is 17.8. The van der Waals surface area contributed by atoms with Crippen molar-refractivity contribution in [2.45, 2.75) is 41.4 Å². The van der Waals surface area contributed by atoms with Gasteiger partial charge in [-0.2, -0.15) is 0 Å². The average molecular weight is 593 g/mol. The lowest BCUT2D eigenvalue weighted by Gasteiger charge is -2.38. The largest absolute Gasteiger partial charge is 0.384 e. The van der Waals surface area contributed by atoms with Crippen molar-refractivity contribution in [2.24, 2.45) is 17.0 Å². The molecule has 3 aromatic rings. The zero-order valence-electron chi connectivity index (χ0n) is 20.9. The molecule has 12 heteroatoms. The van der Waals surface area contributed by atoms with Crippen molar-refractivity contribution in [2.75, 3.05) is 5.32 Å². The second-order valence-corrected chi connectivity index (χ2v) is 12.6. The average Bonchev–Trinajstić information content (AvgIpc) is 3.21. The highest BCUT2D eigenvalue weighted by Crippen LogP contribution is 2.51. The normalized spacial score (nSPS) is 24.3. The second-order valence-electron chi connectivity index (χ2n) is 10.1. The van der Waals surface area contributed by atoms with E-state index in [-0.39, 0.29) is 34.0 Å². The van der Waals surface area contributed by atoms with Gasteiger partial charge < -0.3 is 15.3 Å². The summed E-state index contributed by atoms with van der Waals surface area (Å²) < 4.78 is 68.0. The fourth-order valence-corrected chi connectivity index (χ4v) is 8.53. The topological polar surface area (TPSA) is 105 Å². The molecule has 3 aromatic carbocycles. The number of para-hydroxylation sites is 1. The maximum Gasteiger partial charge on any atom is 0.255 e. The number of nitrogens with zero attached hydrogens (tertiary/aromatic N) is 1. The Kier molecular flexibility index (Phi) is 7.64. The van der Waals surface area contributed by atoms with Crippen molar-refractivity contribution in [1.29, 1.82) is 0 Å². The number of aliphatic hydroxyl groups is 1. The molecule has 2 bridgehead atoms. The lowest BCUT2D eigenvalue weighted by molar-refractivity contribution is 0.0458. The molecule has 7 nitrogen and oxygen atoms in total. The number of carbonyl (C=O) groups excluding carboxylic acids is 1. The minimum atomic E-state index is -4.06. The van der Waals surface area contributed by atoms with Crippen molar-refractivity contribution in [3.05, 3.63) is 88.7 Å². The molecule has 210 valence electrons. The van der Waals surface area contributed by atoms with E-state index >= 15 is 0 Å². The summed E-state index contributed by atoms with van der Waals surface area (Å²) in [6.07, 6.45) is 2.75. The minimum absolute atomic E-state index is 0.0894. The summed E-state index contributed by atoms with van der Waals surface area (Å²) in [5, 5.41) is 16.4. The number of sulfone groups is 1. The summed E-state index contributed by atoms with van der Waals surface area (Å²) in [6, 6.07) is 13.7. The lowest BCUT2D eigenvalue weighted by atomic mass is 9.78. The Morgan fingerprint density at radius 3 is 2.27 bits per heavy atom. The van der Waals surface area contributed by atoms with Crippen LogP contribution in [0.4, 0.5) is 18.9 Å². The number of nitrogens with one attached hydrogen (secondary N) is 1. The SMILES string of the molecule is O=C(Nc1cc(F)c(F)c(F)c1)c1ccc(Cl)c(S(=O)(=O)C2C3CC[C@H]2C[C@](O)(/C=N/Oc2ccccc2)C3)c1. The zero-order chi connectivity index (χ0) is 28.7. The van der Waals surface area contributed by atoms with Crippen LogP contribution in [0.25, 0.3) is 0 Å². The molecule has 2 N–H and O–H groups in total. The van der Waals surface area contributed by atoms with E-state index in [0.29, 0.717) is 30.7 Å². The molecule has 2 saturated carbocycles. The molecule has 1 amide bonds. The molecule has 0 heterocycles. The number of rotatable bonds is 7. The van der Waals surface area contributed by atoms with Crippen molar-refractivity contribution in [3.63, 3.8) is 0 Å². The Balaban J connectivity index is 1.35. The number of hydrogen-bond donors (Lipinski definition) is 2. The van der Waals surface area contributed by atoms with Crippen molar-refractivity contribution in [3.8, 4) is 5.75 Å². The van der Waals surface area contributed by atoms with Crippen molar-refractivity contribution < 1.29 is 36.3 Å². The van der Waals surface area contributed by atoms with Crippen LogP contribution in [-0.2, 0) is 9.84 Å². The molecule has 0 saturated heterocycles. The van der Waals surface area contributed by atoms with Gasteiger partial charge in [-0.25, -0.2) is 21.6 Å². The van der Waals surface area contributed by atoms with Crippen molar-refractivity contribution in [1.82, 2.24) is 0 Å². The van der Waals surface area contributed by atoms with Gasteiger partial charge in [-0.3, -0.25) is 4.79 Å². The Morgan fingerprint density at radius 1 is 1.02 bits per heavy atom. The summed E-state index contributed by atoms with van der Waals surface area (Å²) in [7, 11) is -4.06. The zero-order valence-corrected chi connectivity index (χ0v) is 22.4. The highest BCUT2D eigenvalue weighted by Gasteiger charge is 2.54. The molecule has 2 fully saturated rings. The number of benzene rings is 3. The molecule has 40 heavy (non-hydrogen) atoms. The third-order valence-electron chi connectivity index (χ3n) is 7.36. The first-order valence-corrected chi connectivity index (χ1v) is 14.4. The molecule has 4 atom stereocenters. The Morgan fingerprint density at radius 2 is 1.65 bits per heavy atom. The molecule has 2 aliphatic rings. The Hall–Kier alpha value is -3.41. The third kappa shape index (κ3) is 5.59. The van der Waals surface area contributed by atoms with E-state index in [1.165, 1.54) is 18.3 Å².